The maximum absolute atomic E-state index is 12.3. The molecule has 3 N–H and O–H groups in total. The van der Waals surface area contributed by atoms with E-state index in [2.05, 4.69) is 20.3 Å². The Morgan fingerprint density at radius 2 is 1.71 bits per heavy atom. The van der Waals surface area contributed by atoms with Crippen molar-refractivity contribution in [3.63, 3.8) is 0 Å². The average molecular weight is 560 g/mol. The monoisotopic (exact) mass is 560 g/mol. The van der Waals surface area contributed by atoms with Gasteiger partial charge in [0.05, 0.1) is 5.75 Å². The molecule has 1 aliphatic heterocycles. The molecule has 8 nitrogen and oxygen atoms in total. The van der Waals surface area contributed by atoms with E-state index >= 15 is 0 Å². The summed E-state index contributed by atoms with van der Waals surface area (Å²) < 4.78 is 38.0. The number of fused-ring (bicyclic) bond motifs is 1. The third-order valence-electron chi connectivity index (χ3n) is 4.45. The first-order valence-electron chi connectivity index (χ1n) is 9.76. The van der Waals surface area contributed by atoms with Crippen molar-refractivity contribution in [2.45, 2.75) is 38.7 Å². The van der Waals surface area contributed by atoms with Crippen LogP contribution < -0.4 is 24.8 Å². The second-order valence-corrected chi connectivity index (χ2v) is 9.02. The van der Waals surface area contributed by atoms with Crippen molar-refractivity contribution < 1.29 is 17.9 Å². The Labute approximate surface area is 200 Å². The fourth-order valence-electron chi connectivity index (χ4n) is 3.11. The number of ether oxygens (including phenoxy) is 2. The number of hydrogen-bond donors (Lipinski definition) is 3. The van der Waals surface area contributed by atoms with Gasteiger partial charge in [-0.25, -0.2) is 13.1 Å². The Kier molecular flexibility index (Phi) is 9.38. The summed E-state index contributed by atoms with van der Waals surface area (Å²) in [5, 5.41) is 6.50. The van der Waals surface area contributed by atoms with Crippen LogP contribution in [-0.4, -0.2) is 34.3 Å². The molecule has 0 bridgehead atoms. The van der Waals surface area contributed by atoms with E-state index in [1.165, 1.54) is 0 Å². The average Bonchev–Trinajstić information content (AvgIpc) is 3.15. The first-order chi connectivity index (χ1) is 14.4. The zero-order valence-electron chi connectivity index (χ0n) is 17.8. The largest absolute Gasteiger partial charge is 0.454 e. The zero-order valence-corrected chi connectivity index (χ0v) is 21.0. The van der Waals surface area contributed by atoms with Crippen molar-refractivity contribution in [3.8, 4) is 11.5 Å². The topological polar surface area (TPSA) is 101 Å². The summed E-state index contributed by atoms with van der Waals surface area (Å²) in [5.41, 5.74) is 2.69. The lowest BCUT2D eigenvalue weighted by molar-refractivity contribution is 0.174. The molecule has 0 aromatic heterocycles. The minimum absolute atomic E-state index is 0. The Morgan fingerprint density at radius 3 is 2.42 bits per heavy atom. The van der Waals surface area contributed by atoms with Gasteiger partial charge in [-0.2, -0.15) is 0 Å². The van der Waals surface area contributed by atoms with Crippen LogP contribution >= 0.6 is 24.0 Å². The molecule has 2 aromatic carbocycles. The normalized spacial score (nSPS) is 13.1. The fourth-order valence-corrected chi connectivity index (χ4v) is 4.61. The molecule has 10 heteroatoms. The van der Waals surface area contributed by atoms with Crippen LogP contribution in [-0.2, 0) is 28.9 Å². The smallest absolute Gasteiger partial charge is 0.231 e. The van der Waals surface area contributed by atoms with Crippen LogP contribution in [0.5, 0.6) is 11.5 Å². The van der Waals surface area contributed by atoms with E-state index in [1.807, 2.05) is 42.5 Å². The number of hydrogen-bond acceptors (Lipinski definition) is 5. The fraction of sp³-hybridized carbons (Fsp3) is 0.381. The van der Waals surface area contributed by atoms with Gasteiger partial charge >= 0.3 is 0 Å². The Bertz CT molecular complexity index is 1010. The molecule has 2 aromatic rings. The maximum atomic E-state index is 12.3. The third-order valence-corrected chi connectivity index (χ3v) is 5.97. The molecule has 0 atom stereocenters. The van der Waals surface area contributed by atoms with Gasteiger partial charge in [-0.15, -0.1) is 24.0 Å². The first kappa shape index (κ1) is 25.2. The summed E-state index contributed by atoms with van der Waals surface area (Å²) in [6.07, 6.45) is 0. The highest BCUT2D eigenvalue weighted by Crippen LogP contribution is 2.32. The molecule has 3 rings (SSSR count). The van der Waals surface area contributed by atoms with Gasteiger partial charge in [0.15, 0.2) is 17.5 Å². The number of nitrogens with zero attached hydrogens (tertiary/aromatic N) is 1. The first-order valence-corrected chi connectivity index (χ1v) is 11.4. The molecule has 0 spiro atoms. The predicted molar refractivity (Wildman–Crippen MR) is 132 cm³/mol. The molecule has 31 heavy (non-hydrogen) atoms. The molecule has 0 unspecified atom stereocenters. The van der Waals surface area contributed by atoms with Gasteiger partial charge in [0.2, 0.25) is 16.8 Å². The van der Waals surface area contributed by atoms with Crippen LogP contribution in [0.2, 0.25) is 0 Å². The molecular weight excluding hydrogens is 531 g/mol. The number of sulfonamides is 1. The van der Waals surface area contributed by atoms with Gasteiger partial charge < -0.3 is 20.1 Å². The molecule has 1 heterocycles. The number of halogens is 1. The van der Waals surface area contributed by atoms with E-state index in [4.69, 9.17) is 9.47 Å². The lowest BCUT2D eigenvalue weighted by Gasteiger charge is -2.15. The SMILES string of the molecule is CN=C(NCc1ccc2c(c1)OCO2)NCc1ccccc1CS(=O)(=O)NC(C)C.I. The second-order valence-electron chi connectivity index (χ2n) is 7.27. The van der Waals surface area contributed by atoms with Gasteiger partial charge in [-0.1, -0.05) is 30.3 Å². The van der Waals surface area contributed by atoms with Crippen molar-refractivity contribution in [3.05, 3.63) is 59.2 Å². The van der Waals surface area contributed by atoms with Crippen molar-refractivity contribution in [1.82, 2.24) is 15.4 Å². The van der Waals surface area contributed by atoms with E-state index in [0.717, 1.165) is 28.2 Å². The van der Waals surface area contributed by atoms with Gasteiger partial charge in [0, 0.05) is 26.2 Å². The van der Waals surface area contributed by atoms with Crippen molar-refractivity contribution in [2.24, 2.45) is 4.99 Å². The van der Waals surface area contributed by atoms with Crippen molar-refractivity contribution in [2.75, 3.05) is 13.8 Å². The van der Waals surface area contributed by atoms with Gasteiger partial charge in [-0.3, -0.25) is 4.99 Å². The van der Waals surface area contributed by atoms with E-state index in [9.17, 15) is 8.42 Å². The molecule has 0 amide bonds. The number of rotatable bonds is 8. The van der Waals surface area contributed by atoms with E-state index < -0.39 is 10.0 Å². The van der Waals surface area contributed by atoms with Crippen LogP contribution in [0.3, 0.4) is 0 Å². The van der Waals surface area contributed by atoms with Gasteiger partial charge in [0.1, 0.15) is 0 Å². The molecule has 170 valence electrons. The molecule has 0 saturated carbocycles. The summed E-state index contributed by atoms with van der Waals surface area (Å²) >= 11 is 0. The van der Waals surface area contributed by atoms with Gasteiger partial charge in [-0.05, 0) is 42.7 Å². The standard InChI is InChI=1S/C21H28N4O4S.HI/c1-15(2)25-30(26,27)13-18-7-5-4-6-17(18)12-24-21(22-3)23-11-16-8-9-19-20(10-16)29-14-28-19;/h4-10,15,25H,11-14H2,1-3H3,(H2,22,23,24);1H. The molecule has 0 saturated heterocycles. The lowest BCUT2D eigenvalue weighted by Crippen LogP contribution is -2.36. The van der Waals surface area contributed by atoms with Crippen molar-refractivity contribution in [1.29, 1.82) is 0 Å². The predicted octanol–water partition coefficient (Wildman–Crippen LogP) is 2.73. The van der Waals surface area contributed by atoms with Crippen LogP contribution in [0.25, 0.3) is 0 Å². The quantitative estimate of drug-likeness (QED) is 0.261. The molecule has 0 radical (unpaired) electrons. The minimum atomic E-state index is -3.40. The molecule has 1 aliphatic rings. The molecule has 0 fully saturated rings. The van der Waals surface area contributed by atoms with E-state index in [-0.39, 0.29) is 42.6 Å². The Morgan fingerprint density at radius 1 is 1.03 bits per heavy atom. The minimum Gasteiger partial charge on any atom is -0.454 e. The van der Waals surface area contributed by atoms with Crippen LogP contribution in [0.15, 0.2) is 47.5 Å². The Balaban J connectivity index is 0.00000341. The highest BCUT2D eigenvalue weighted by Gasteiger charge is 2.16. The van der Waals surface area contributed by atoms with Crippen LogP contribution in [0.4, 0.5) is 0 Å². The Hall–Kier alpha value is -2.05. The summed E-state index contributed by atoms with van der Waals surface area (Å²) in [5.74, 6) is 2.04. The van der Waals surface area contributed by atoms with Crippen LogP contribution in [0, 0.1) is 0 Å². The summed E-state index contributed by atoms with van der Waals surface area (Å²) in [4.78, 5) is 4.24. The number of guanidine groups is 1. The zero-order chi connectivity index (χ0) is 21.6. The molecular formula is C21H29IN4O4S. The highest BCUT2D eigenvalue weighted by molar-refractivity contribution is 14.0. The molecule has 0 aliphatic carbocycles. The third kappa shape index (κ3) is 7.54. The highest BCUT2D eigenvalue weighted by atomic mass is 127. The van der Waals surface area contributed by atoms with E-state index in [1.54, 1.807) is 20.9 Å². The summed E-state index contributed by atoms with van der Waals surface area (Å²) in [6, 6.07) is 13.1. The van der Waals surface area contributed by atoms with Crippen molar-refractivity contribution >= 4 is 40.0 Å². The van der Waals surface area contributed by atoms with E-state index in [0.29, 0.717) is 19.0 Å². The maximum Gasteiger partial charge on any atom is 0.231 e. The summed E-state index contributed by atoms with van der Waals surface area (Å²) in [7, 11) is -1.71. The number of nitrogens with one attached hydrogen (secondary N) is 3. The number of benzene rings is 2. The number of aliphatic imine (C=N–C) groups is 1. The lowest BCUT2D eigenvalue weighted by atomic mass is 10.1. The van der Waals surface area contributed by atoms with Crippen LogP contribution in [0.1, 0.15) is 30.5 Å². The second kappa shape index (κ2) is 11.5. The van der Waals surface area contributed by atoms with Gasteiger partial charge in [0.25, 0.3) is 0 Å². The summed E-state index contributed by atoms with van der Waals surface area (Å²) in [6.45, 7) is 4.87.